The molecule has 35 valence electrons. The molecule has 0 amide bonds. The van der Waals surface area contributed by atoms with Crippen LogP contribution in [-0.4, -0.2) is 29.6 Å². The second-order valence-electron chi connectivity index (χ2n) is 0.0583. The van der Waals surface area contributed by atoms with Gasteiger partial charge in [0.05, 0.1) is 23.7 Å². The van der Waals surface area contributed by atoms with E-state index in [4.69, 9.17) is 0 Å². The van der Waals surface area contributed by atoms with Gasteiger partial charge in [-0.25, -0.2) is 0 Å². The van der Waals surface area contributed by atoms with Gasteiger partial charge in [-0.2, -0.15) is 3.84 Å². The van der Waals surface area contributed by atoms with Crippen LogP contribution < -0.4 is 0 Å². The van der Waals surface area contributed by atoms with Crippen molar-refractivity contribution in [3.63, 3.8) is 0 Å². The number of thiol groups is 1. The van der Waals surface area contributed by atoms with Gasteiger partial charge in [-0.1, -0.05) is 11.8 Å². The van der Waals surface area contributed by atoms with Crippen LogP contribution in [0.25, 0.3) is 0 Å². The zero-order valence-electron chi connectivity index (χ0n) is 2.99. The maximum Gasteiger partial charge on any atom is 0.0832 e. The van der Waals surface area contributed by atoms with E-state index in [-0.39, 0.29) is 29.6 Å². The van der Waals surface area contributed by atoms with E-state index in [9.17, 15) is 0 Å². The summed E-state index contributed by atoms with van der Waals surface area (Å²) in [5, 5.41) is 0. The monoisotopic (exact) mass is 177 g/mol. The average Bonchev–Trinajstić information content (AvgIpc) is 1.46. The molecule has 1 radical (unpaired) electrons. The third kappa shape index (κ3) is 34.9. The summed E-state index contributed by atoms with van der Waals surface area (Å²) in [6, 6.07) is 0. The fraction of sp³-hybridized carbons (Fsp3) is 0. The van der Waals surface area contributed by atoms with E-state index in [2.05, 4.69) is 50.1 Å². The molecule has 0 unspecified atom stereocenters. The molecule has 0 aliphatic rings. The largest absolute Gasteiger partial charge is 0.166 e. The molecule has 0 aromatic rings. The van der Waals surface area contributed by atoms with Crippen LogP contribution in [0.2, 0.25) is 0 Å². The summed E-state index contributed by atoms with van der Waals surface area (Å²) >= 11 is 11.5. The molecule has 1 nitrogen and oxygen atoms in total. The Kier molecular flexibility index (Phi) is 71.0. The smallest absolute Gasteiger partial charge is 0.0832 e. The van der Waals surface area contributed by atoms with Crippen molar-refractivity contribution in [3.8, 4) is 0 Å². The molecule has 0 fully saturated rings. The number of halogens is 3. The summed E-state index contributed by atoms with van der Waals surface area (Å²) in [4.78, 5) is 0. The van der Waals surface area contributed by atoms with E-state index < -0.39 is 0 Å². The van der Waals surface area contributed by atoms with Crippen LogP contribution in [0.15, 0.2) is 0 Å². The van der Waals surface area contributed by atoms with Crippen molar-refractivity contribution in [1.29, 1.82) is 0 Å². The van der Waals surface area contributed by atoms with Crippen LogP contribution in [0.1, 0.15) is 0 Å². The number of rotatable bonds is 0. The van der Waals surface area contributed by atoms with Gasteiger partial charge in [0.15, 0.2) is 0 Å². The van der Waals surface area contributed by atoms with Crippen molar-refractivity contribution in [2.24, 2.45) is 0 Å². The Hall–Kier alpha value is 2.18. The minimum absolute atomic E-state index is 0. The average molecular weight is 178 g/mol. The molecule has 0 N–H and O–H groups in total. The predicted octanol–water partition coefficient (Wildman–Crippen LogP) is 2.00. The predicted molar refractivity (Wildman–Crippen MR) is 33.4 cm³/mol. The van der Waals surface area contributed by atoms with E-state index >= 15 is 0 Å². The minimum Gasteiger partial charge on any atom is -0.166 e. The Morgan fingerprint density at radius 1 is 1.17 bits per heavy atom. The van der Waals surface area contributed by atoms with Gasteiger partial charge in [0, 0.05) is 29.6 Å². The van der Waals surface area contributed by atoms with Gasteiger partial charge >= 0.3 is 0 Å². The molecule has 0 atom stereocenters. The quantitative estimate of drug-likeness (QED) is 0.441. The van der Waals surface area contributed by atoms with E-state index in [1.165, 1.54) is 0 Å². The zero-order valence-corrected chi connectivity index (χ0v) is 8.15. The van der Waals surface area contributed by atoms with E-state index in [1.54, 1.807) is 0 Å². The van der Waals surface area contributed by atoms with Crippen LogP contribution in [0.3, 0.4) is 0 Å². The maximum atomic E-state index is 4.33. The Balaban J connectivity index is -0.0000000275. The molecule has 6 heteroatoms. The Labute approximate surface area is 78.8 Å². The SMILES string of the molecule is ClOCl.SCl.[Na]. The Bertz CT molecular complexity index is 10.8. The van der Waals surface area contributed by atoms with Crippen molar-refractivity contribution in [2.75, 3.05) is 0 Å². The molecular formula is HCl3NaOS. The summed E-state index contributed by atoms with van der Waals surface area (Å²) in [6.07, 6.45) is 0. The third-order valence-electron chi connectivity index (χ3n) is 0. The normalized spacial score (nSPS) is 4.00. The second kappa shape index (κ2) is 27.1. The van der Waals surface area contributed by atoms with Crippen molar-refractivity contribution in [1.82, 2.24) is 0 Å². The third-order valence-corrected chi connectivity index (χ3v) is 0. The first-order valence-electron chi connectivity index (χ1n) is 0.478. The van der Waals surface area contributed by atoms with E-state index in [1.807, 2.05) is 0 Å². The summed E-state index contributed by atoms with van der Waals surface area (Å²) in [5.74, 6) is 0. The first kappa shape index (κ1) is 15.7. The van der Waals surface area contributed by atoms with Crippen molar-refractivity contribution >= 4 is 75.8 Å². The standard InChI is InChI=1S/Cl2O.ClHS.Na/c1-3-2;1-2;/h;2H;. The molecule has 0 aliphatic heterocycles. The molecule has 0 saturated carbocycles. The first-order valence-corrected chi connectivity index (χ1v) is 2.45. The van der Waals surface area contributed by atoms with Gasteiger partial charge < -0.3 is 0 Å². The Morgan fingerprint density at radius 3 is 1.17 bits per heavy atom. The van der Waals surface area contributed by atoms with Crippen molar-refractivity contribution < 1.29 is 3.84 Å². The Morgan fingerprint density at radius 2 is 1.17 bits per heavy atom. The number of hydrogen-bond donors (Lipinski definition) is 1. The molecule has 0 saturated heterocycles. The minimum atomic E-state index is 0. The van der Waals surface area contributed by atoms with Crippen molar-refractivity contribution in [2.45, 2.75) is 0 Å². The van der Waals surface area contributed by atoms with Gasteiger partial charge in [-0.15, -0.1) is 0 Å². The molecule has 0 heterocycles. The topological polar surface area (TPSA) is 9.23 Å². The van der Waals surface area contributed by atoms with E-state index in [0.717, 1.165) is 0 Å². The van der Waals surface area contributed by atoms with E-state index in [0.29, 0.717) is 0 Å². The number of hydrogen-bond acceptors (Lipinski definition) is 2. The van der Waals surface area contributed by atoms with Gasteiger partial charge in [-0.3, -0.25) is 0 Å². The van der Waals surface area contributed by atoms with Crippen LogP contribution >= 0.6 is 46.3 Å². The van der Waals surface area contributed by atoms with Gasteiger partial charge in [-0.05, 0) is 10.7 Å². The molecule has 0 rings (SSSR count). The first-order chi connectivity index (χ1) is 2.41. The van der Waals surface area contributed by atoms with Crippen LogP contribution in [0.4, 0.5) is 0 Å². The van der Waals surface area contributed by atoms with Gasteiger partial charge in [0.2, 0.25) is 0 Å². The van der Waals surface area contributed by atoms with Gasteiger partial charge in [0.1, 0.15) is 0 Å². The molecule has 0 aliphatic carbocycles. The fourth-order valence-corrected chi connectivity index (χ4v) is 0. The summed E-state index contributed by atoms with van der Waals surface area (Å²) in [7, 11) is 4.33. The van der Waals surface area contributed by atoms with Gasteiger partial charge in [0.25, 0.3) is 0 Å². The van der Waals surface area contributed by atoms with Crippen LogP contribution in [-0.2, 0) is 3.84 Å². The summed E-state index contributed by atoms with van der Waals surface area (Å²) in [5.41, 5.74) is 0. The zero-order chi connectivity index (χ0) is 4.71. The summed E-state index contributed by atoms with van der Waals surface area (Å²) in [6.45, 7) is 0. The molecule has 0 bridgehead atoms. The molecule has 0 aromatic carbocycles. The van der Waals surface area contributed by atoms with Crippen LogP contribution in [0.5, 0.6) is 0 Å². The summed E-state index contributed by atoms with van der Waals surface area (Å²) < 4.78 is 3.19. The fourth-order valence-electron chi connectivity index (χ4n) is 0. The molecule has 0 aromatic heterocycles. The molecule has 6 heavy (non-hydrogen) atoms. The molecule has 0 spiro atoms. The molecular weight excluding hydrogens is 177 g/mol. The maximum absolute atomic E-state index is 4.33. The van der Waals surface area contributed by atoms with Crippen molar-refractivity contribution in [3.05, 3.63) is 0 Å². The second-order valence-corrected chi connectivity index (χ2v) is 0.525. The van der Waals surface area contributed by atoms with Crippen LogP contribution in [0, 0.1) is 0 Å².